The van der Waals surface area contributed by atoms with Gasteiger partial charge in [-0.2, -0.15) is 0 Å². The van der Waals surface area contributed by atoms with Crippen LogP contribution in [0.15, 0.2) is 18.2 Å². The molecule has 2 rings (SSSR count). The van der Waals surface area contributed by atoms with E-state index in [9.17, 15) is 9.90 Å². The lowest BCUT2D eigenvalue weighted by molar-refractivity contribution is -0.120. The third kappa shape index (κ3) is 4.01. The number of carbonyl (C=O) groups is 1. The maximum absolute atomic E-state index is 11.5. The van der Waals surface area contributed by atoms with E-state index in [4.69, 9.17) is 4.74 Å². The molecule has 1 aliphatic heterocycles. The van der Waals surface area contributed by atoms with Gasteiger partial charge < -0.3 is 15.2 Å². The predicted octanol–water partition coefficient (Wildman–Crippen LogP) is 3.50. The molecule has 0 aliphatic carbocycles. The number of fused-ring (bicyclic) bond motifs is 1. The van der Waals surface area contributed by atoms with Gasteiger partial charge >= 0.3 is 0 Å². The third-order valence-corrected chi connectivity index (χ3v) is 3.95. The van der Waals surface area contributed by atoms with Gasteiger partial charge in [0.05, 0.1) is 12.1 Å². The fourth-order valence-electron chi connectivity index (χ4n) is 3.04. The first-order valence-corrected chi connectivity index (χ1v) is 7.96. The Balaban J connectivity index is 2.34. The molecular formula is C18H27NO3. The Kier molecular flexibility index (Phi) is 4.81. The van der Waals surface area contributed by atoms with Crippen molar-refractivity contribution in [1.29, 1.82) is 0 Å². The number of nitrogens with one attached hydrogen (secondary N) is 1. The monoisotopic (exact) mass is 305 g/mol. The minimum atomic E-state index is -0.488. The summed E-state index contributed by atoms with van der Waals surface area (Å²) in [6.07, 6.45) is 0.942. The number of carbonyl (C=O) groups excluding carboxylic acids is 1. The molecule has 4 heteroatoms. The zero-order valence-corrected chi connectivity index (χ0v) is 14.1. The van der Waals surface area contributed by atoms with Crippen LogP contribution in [0.25, 0.3) is 0 Å². The van der Waals surface area contributed by atoms with E-state index >= 15 is 0 Å². The fourth-order valence-corrected chi connectivity index (χ4v) is 3.04. The minimum Gasteiger partial charge on any atom is -0.487 e. The quantitative estimate of drug-likeness (QED) is 0.895. The Morgan fingerprint density at radius 3 is 2.73 bits per heavy atom. The zero-order valence-electron chi connectivity index (χ0n) is 14.1. The summed E-state index contributed by atoms with van der Waals surface area (Å²) in [6.45, 7) is 9.75. The average molecular weight is 305 g/mol. The molecule has 0 aromatic heterocycles. The lowest BCUT2D eigenvalue weighted by atomic mass is 9.87. The van der Waals surface area contributed by atoms with Crippen LogP contribution in [0.5, 0.6) is 5.75 Å². The summed E-state index contributed by atoms with van der Waals surface area (Å²) < 4.78 is 6.01. The molecule has 4 nitrogen and oxygen atoms in total. The lowest BCUT2D eigenvalue weighted by Crippen LogP contribution is -2.40. The van der Waals surface area contributed by atoms with Crippen LogP contribution in [0.2, 0.25) is 0 Å². The number of benzene rings is 1. The average Bonchev–Trinajstić information content (AvgIpc) is 2.35. The van der Waals surface area contributed by atoms with Crippen molar-refractivity contribution in [2.24, 2.45) is 5.92 Å². The molecule has 0 fully saturated rings. The zero-order chi connectivity index (χ0) is 16.5. The van der Waals surface area contributed by atoms with E-state index in [1.807, 2.05) is 32.0 Å². The number of amides is 1. The van der Waals surface area contributed by atoms with Crippen LogP contribution >= 0.6 is 0 Å². The molecule has 1 heterocycles. The summed E-state index contributed by atoms with van der Waals surface area (Å²) in [4.78, 5) is 11.5. The summed E-state index contributed by atoms with van der Waals surface area (Å²) in [7, 11) is 0. The van der Waals surface area contributed by atoms with E-state index in [0.29, 0.717) is 12.3 Å². The first-order valence-electron chi connectivity index (χ1n) is 7.96. The van der Waals surface area contributed by atoms with Crippen molar-refractivity contribution >= 4 is 5.91 Å². The highest BCUT2D eigenvalue weighted by Gasteiger charge is 2.34. The highest BCUT2D eigenvalue weighted by Crippen LogP contribution is 2.41. The maximum Gasteiger partial charge on any atom is 0.217 e. The molecule has 0 saturated carbocycles. The van der Waals surface area contributed by atoms with Gasteiger partial charge in [-0.15, -0.1) is 0 Å². The lowest BCUT2D eigenvalue weighted by Gasteiger charge is -2.38. The summed E-state index contributed by atoms with van der Waals surface area (Å²) in [5, 5.41) is 13.3. The SMILES string of the molecule is CC(=O)NC1CC(C)(C)Oc2ccc(C(O)CC(C)C)cc21. The minimum absolute atomic E-state index is 0.0539. The Labute approximate surface area is 132 Å². The van der Waals surface area contributed by atoms with E-state index in [0.717, 1.165) is 23.3 Å². The summed E-state index contributed by atoms with van der Waals surface area (Å²) in [5.41, 5.74) is 1.51. The van der Waals surface area contributed by atoms with E-state index in [2.05, 4.69) is 19.2 Å². The Bertz CT molecular complexity index is 551. The molecule has 2 N–H and O–H groups in total. The Morgan fingerprint density at radius 2 is 2.14 bits per heavy atom. The number of hydrogen-bond acceptors (Lipinski definition) is 3. The Hall–Kier alpha value is -1.55. The van der Waals surface area contributed by atoms with Gasteiger partial charge in [0.15, 0.2) is 0 Å². The molecule has 0 spiro atoms. The summed E-state index contributed by atoms with van der Waals surface area (Å²) >= 11 is 0. The molecule has 1 amide bonds. The molecule has 2 atom stereocenters. The maximum atomic E-state index is 11.5. The van der Waals surface area contributed by atoms with Crippen molar-refractivity contribution in [3.05, 3.63) is 29.3 Å². The van der Waals surface area contributed by atoms with E-state index in [1.165, 1.54) is 6.92 Å². The van der Waals surface area contributed by atoms with Crippen LogP contribution in [-0.2, 0) is 4.79 Å². The van der Waals surface area contributed by atoms with Crippen molar-refractivity contribution in [3.63, 3.8) is 0 Å². The number of aliphatic hydroxyl groups excluding tert-OH is 1. The summed E-state index contributed by atoms with van der Waals surface area (Å²) in [5.74, 6) is 1.16. The standard InChI is InChI=1S/C18H27NO3/c1-11(2)8-16(21)13-6-7-17-14(9-13)15(19-12(3)20)10-18(4,5)22-17/h6-7,9,11,15-16,21H,8,10H2,1-5H3,(H,19,20). The van der Waals surface area contributed by atoms with Crippen molar-refractivity contribution in [3.8, 4) is 5.75 Å². The second kappa shape index (κ2) is 6.29. The first-order chi connectivity index (χ1) is 10.2. The topological polar surface area (TPSA) is 58.6 Å². The number of ether oxygens (including phenoxy) is 1. The number of rotatable bonds is 4. The van der Waals surface area contributed by atoms with Crippen LogP contribution in [-0.4, -0.2) is 16.6 Å². The highest BCUT2D eigenvalue weighted by molar-refractivity contribution is 5.73. The molecule has 0 bridgehead atoms. The van der Waals surface area contributed by atoms with Crippen molar-refractivity contribution in [1.82, 2.24) is 5.32 Å². The molecule has 1 aliphatic rings. The van der Waals surface area contributed by atoms with Crippen LogP contribution in [0.3, 0.4) is 0 Å². The van der Waals surface area contributed by atoms with Crippen LogP contribution in [0.4, 0.5) is 0 Å². The molecule has 0 saturated heterocycles. The van der Waals surface area contributed by atoms with Crippen molar-refractivity contribution in [2.75, 3.05) is 0 Å². The summed E-state index contributed by atoms with van der Waals surface area (Å²) in [6, 6.07) is 5.71. The molecule has 122 valence electrons. The number of aliphatic hydroxyl groups is 1. The molecule has 22 heavy (non-hydrogen) atoms. The van der Waals surface area contributed by atoms with Crippen molar-refractivity contribution in [2.45, 2.75) is 65.2 Å². The van der Waals surface area contributed by atoms with Gasteiger partial charge in [0.25, 0.3) is 0 Å². The van der Waals surface area contributed by atoms with Gasteiger partial charge in [0.1, 0.15) is 11.4 Å². The molecule has 1 aromatic rings. The van der Waals surface area contributed by atoms with Crippen LogP contribution < -0.4 is 10.1 Å². The van der Waals surface area contributed by atoms with E-state index < -0.39 is 6.10 Å². The smallest absolute Gasteiger partial charge is 0.217 e. The number of hydrogen-bond donors (Lipinski definition) is 2. The van der Waals surface area contributed by atoms with Gasteiger partial charge in [-0.3, -0.25) is 4.79 Å². The highest BCUT2D eigenvalue weighted by atomic mass is 16.5. The fraction of sp³-hybridized carbons (Fsp3) is 0.611. The first kappa shape index (κ1) is 16.8. The molecular weight excluding hydrogens is 278 g/mol. The van der Waals surface area contributed by atoms with Gasteiger partial charge in [-0.1, -0.05) is 19.9 Å². The largest absolute Gasteiger partial charge is 0.487 e. The normalized spacial score (nSPS) is 21.0. The third-order valence-electron chi connectivity index (χ3n) is 3.95. The van der Waals surface area contributed by atoms with E-state index in [-0.39, 0.29) is 17.6 Å². The molecule has 0 radical (unpaired) electrons. The second-order valence-corrected chi connectivity index (χ2v) is 7.26. The van der Waals surface area contributed by atoms with Gasteiger partial charge in [0, 0.05) is 18.9 Å². The van der Waals surface area contributed by atoms with Gasteiger partial charge in [-0.05, 0) is 43.9 Å². The second-order valence-electron chi connectivity index (χ2n) is 7.26. The van der Waals surface area contributed by atoms with E-state index in [1.54, 1.807) is 0 Å². The van der Waals surface area contributed by atoms with Crippen LogP contribution in [0, 0.1) is 5.92 Å². The Morgan fingerprint density at radius 1 is 1.45 bits per heavy atom. The van der Waals surface area contributed by atoms with Gasteiger partial charge in [-0.25, -0.2) is 0 Å². The molecule has 1 aromatic carbocycles. The van der Waals surface area contributed by atoms with Crippen LogP contribution in [0.1, 0.15) is 70.7 Å². The van der Waals surface area contributed by atoms with Crippen molar-refractivity contribution < 1.29 is 14.6 Å². The molecule has 2 unspecified atom stereocenters. The predicted molar refractivity (Wildman–Crippen MR) is 86.7 cm³/mol. The van der Waals surface area contributed by atoms with Gasteiger partial charge in [0.2, 0.25) is 5.91 Å².